The van der Waals surface area contributed by atoms with E-state index in [0.717, 1.165) is 12.3 Å². The average molecular weight is 282 g/mol. The Kier molecular flexibility index (Phi) is 4.95. The number of carboxylic acid groups (broad SMARTS) is 1. The molecule has 0 radical (unpaired) electrons. The molecule has 0 aliphatic carbocycles. The van der Waals surface area contributed by atoms with E-state index >= 15 is 0 Å². The zero-order valence-corrected chi connectivity index (χ0v) is 11.0. The van der Waals surface area contributed by atoms with E-state index in [2.05, 4.69) is 10.3 Å². The van der Waals surface area contributed by atoms with Crippen molar-refractivity contribution in [1.82, 2.24) is 9.88 Å². The van der Waals surface area contributed by atoms with Crippen molar-refractivity contribution in [3.8, 4) is 0 Å². The summed E-state index contributed by atoms with van der Waals surface area (Å²) in [5.41, 5.74) is -1.08. The Morgan fingerprint density at radius 2 is 2.20 bits per heavy atom. The summed E-state index contributed by atoms with van der Waals surface area (Å²) in [6.45, 7) is 2.27. The Labute approximate surface area is 114 Å². The SMILES string of the molecule is CCN(C)C(=O)CNc1cc(C(=O)O)c([N+](=O)[O-])cn1. The van der Waals surface area contributed by atoms with Crippen molar-refractivity contribution in [2.75, 3.05) is 25.5 Å². The highest BCUT2D eigenvalue weighted by Crippen LogP contribution is 2.20. The third-order valence-corrected chi connectivity index (χ3v) is 2.63. The van der Waals surface area contributed by atoms with Crippen molar-refractivity contribution < 1.29 is 19.6 Å². The third-order valence-electron chi connectivity index (χ3n) is 2.63. The molecular formula is C11H14N4O5. The number of anilines is 1. The minimum Gasteiger partial charge on any atom is -0.477 e. The molecule has 9 nitrogen and oxygen atoms in total. The predicted octanol–water partition coefficient (Wildman–Crippen LogP) is 0.578. The van der Waals surface area contributed by atoms with E-state index in [1.165, 1.54) is 4.90 Å². The van der Waals surface area contributed by atoms with Gasteiger partial charge in [-0.1, -0.05) is 0 Å². The fraction of sp³-hybridized carbons (Fsp3) is 0.364. The molecular weight excluding hydrogens is 268 g/mol. The number of amides is 1. The first-order valence-corrected chi connectivity index (χ1v) is 5.72. The van der Waals surface area contributed by atoms with Gasteiger partial charge in [0.2, 0.25) is 5.91 Å². The number of carbonyl (C=O) groups is 2. The van der Waals surface area contributed by atoms with Crippen LogP contribution in [0.2, 0.25) is 0 Å². The number of pyridine rings is 1. The Hall–Kier alpha value is -2.71. The summed E-state index contributed by atoms with van der Waals surface area (Å²) in [4.78, 5) is 37.5. The second kappa shape index (κ2) is 6.45. The number of carboxylic acids is 1. The first-order chi connectivity index (χ1) is 9.36. The molecule has 0 unspecified atom stereocenters. The average Bonchev–Trinajstić information content (AvgIpc) is 2.43. The molecule has 0 aromatic carbocycles. The lowest BCUT2D eigenvalue weighted by atomic mass is 10.2. The third kappa shape index (κ3) is 3.64. The first kappa shape index (κ1) is 15.3. The molecule has 2 N–H and O–H groups in total. The van der Waals surface area contributed by atoms with Gasteiger partial charge in [-0.25, -0.2) is 9.78 Å². The molecule has 0 aliphatic rings. The molecule has 108 valence electrons. The van der Waals surface area contributed by atoms with Gasteiger partial charge in [-0.05, 0) is 6.92 Å². The molecule has 0 saturated heterocycles. The van der Waals surface area contributed by atoms with Gasteiger partial charge in [0.1, 0.15) is 17.6 Å². The van der Waals surface area contributed by atoms with Gasteiger partial charge in [0.05, 0.1) is 11.5 Å². The molecule has 1 aromatic heterocycles. The number of nitro groups is 1. The van der Waals surface area contributed by atoms with Crippen LogP contribution in [0, 0.1) is 10.1 Å². The van der Waals surface area contributed by atoms with E-state index in [0.29, 0.717) is 6.54 Å². The van der Waals surface area contributed by atoms with E-state index in [-0.39, 0.29) is 18.3 Å². The van der Waals surface area contributed by atoms with Gasteiger partial charge >= 0.3 is 11.7 Å². The van der Waals surface area contributed by atoms with Crippen molar-refractivity contribution in [3.63, 3.8) is 0 Å². The van der Waals surface area contributed by atoms with Gasteiger partial charge in [-0.2, -0.15) is 0 Å². The molecule has 0 spiro atoms. The van der Waals surface area contributed by atoms with E-state index in [9.17, 15) is 19.7 Å². The summed E-state index contributed by atoms with van der Waals surface area (Å²) in [6.07, 6.45) is 0.847. The van der Waals surface area contributed by atoms with Gasteiger partial charge < -0.3 is 15.3 Å². The van der Waals surface area contributed by atoms with Crippen molar-refractivity contribution in [1.29, 1.82) is 0 Å². The normalized spacial score (nSPS) is 9.90. The van der Waals surface area contributed by atoms with Crippen molar-refractivity contribution in [2.45, 2.75) is 6.92 Å². The van der Waals surface area contributed by atoms with Crippen LogP contribution in [0.25, 0.3) is 0 Å². The quantitative estimate of drug-likeness (QED) is 0.577. The molecule has 1 aromatic rings. The molecule has 9 heteroatoms. The number of nitrogens with zero attached hydrogens (tertiary/aromatic N) is 3. The second-order valence-electron chi connectivity index (χ2n) is 3.91. The maximum atomic E-state index is 11.6. The number of nitrogens with one attached hydrogen (secondary N) is 1. The number of likely N-dealkylation sites (N-methyl/N-ethyl adjacent to an activating group) is 1. The van der Waals surface area contributed by atoms with Crippen LogP contribution >= 0.6 is 0 Å². The number of aromatic nitrogens is 1. The van der Waals surface area contributed by atoms with Crippen molar-refractivity contribution in [2.24, 2.45) is 0 Å². The van der Waals surface area contributed by atoms with Gasteiger partial charge in [0.25, 0.3) is 0 Å². The predicted molar refractivity (Wildman–Crippen MR) is 69.7 cm³/mol. The van der Waals surface area contributed by atoms with Crippen LogP contribution in [-0.2, 0) is 4.79 Å². The zero-order chi connectivity index (χ0) is 15.3. The molecule has 0 fully saturated rings. The van der Waals surface area contributed by atoms with Crippen LogP contribution in [0.1, 0.15) is 17.3 Å². The van der Waals surface area contributed by atoms with E-state index in [4.69, 9.17) is 5.11 Å². The zero-order valence-electron chi connectivity index (χ0n) is 11.0. The molecule has 1 heterocycles. The van der Waals surface area contributed by atoms with Crippen LogP contribution in [0.3, 0.4) is 0 Å². The highest BCUT2D eigenvalue weighted by molar-refractivity contribution is 5.93. The van der Waals surface area contributed by atoms with Gasteiger partial charge in [0, 0.05) is 19.7 Å². The lowest BCUT2D eigenvalue weighted by Crippen LogP contribution is -2.32. The molecule has 0 atom stereocenters. The summed E-state index contributed by atoms with van der Waals surface area (Å²) in [7, 11) is 1.62. The maximum absolute atomic E-state index is 11.6. The largest absolute Gasteiger partial charge is 0.477 e. The molecule has 0 aliphatic heterocycles. The van der Waals surface area contributed by atoms with Crippen molar-refractivity contribution in [3.05, 3.63) is 27.9 Å². The van der Waals surface area contributed by atoms with Gasteiger partial charge in [0.15, 0.2) is 0 Å². The Bertz CT molecular complexity index is 546. The number of hydrogen-bond acceptors (Lipinski definition) is 6. The Morgan fingerprint density at radius 1 is 1.55 bits per heavy atom. The van der Waals surface area contributed by atoms with Crippen LogP contribution in [0.5, 0.6) is 0 Å². The lowest BCUT2D eigenvalue weighted by Gasteiger charge is -2.14. The van der Waals surface area contributed by atoms with Crippen LogP contribution in [0.15, 0.2) is 12.3 Å². The summed E-state index contributed by atoms with van der Waals surface area (Å²) >= 11 is 0. The maximum Gasteiger partial charge on any atom is 0.342 e. The Morgan fingerprint density at radius 3 is 2.70 bits per heavy atom. The molecule has 0 bridgehead atoms. The second-order valence-corrected chi connectivity index (χ2v) is 3.91. The van der Waals surface area contributed by atoms with E-state index in [1.54, 1.807) is 7.05 Å². The highest BCUT2D eigenvalue weighted by Gasteiger charge is 2.21. The fourth-order valence-corrected chi connectivity index (χ4v) is 1.34. The van der Waals surface area contributed by atoms with Crippen molar-refractivity contribution >= 4 is 23.4 Å². The van der Waals surface area contributed by atoms with Gasteiger partial charge in [-0.3, -0.25) is 14.9 Å². The van der Waals surface area contributed by atoms with Gasteiger partial charge in [-0.15, -0.1) is 0 Å². The molecule has 1 rings (SSSR count). The van der Waals surface area contributed by atoms with E-state index in [1.807, 2.05) is 6.92 Å². The smallest absolute Gasteiger partial charge is 0.342 e. The minimum atomic E-state index is -1.43. The standard InChI is InChI=1S/C11H14N4O5/c1-3-14(2)10(16)6-13-9-4-7(11(17)18)8(5-12-9)15(19)20/h4-5H,3,6H2,1-2H3,(H,12,13)(H,17,18). The van der Waals surface area contributed by atoms with Crippen LogP contribution < -0.4 is 5.32 Å². The number of hydrogen-bond donors (Lipinski definition) is 2. The molecule has 1 amide bonds. The van der Waals surface area contributed by atoms with E-state index < -0.39 is 22.1 Å². The lowest BCUT2D eigenvalue weighted by molar-refractivity contribution is -0.385. The number of aromatic carboxylic acids is 1. The molecule has 20 heavy (non-hydrogen) atoms. The monoisotopic (exact) mass is 282 g/mol. The number of rotatable bonds is 6. The summed E-state index contributed by atoms with van der Waals surface area (Å²) in [5, 5.41) is 22.2. The minimum absolute atomic E-state index is 0.0752. The number of carbonyl (C=O) groups excluding carboxylic acids is 1. The van der Waals surface area contributed by atoms with Crippen LogP contribution in [-0.4, -0.2) is 51.9 Å². The first-order valence-electron chi connectivity index (χ1n) is 5.72. The summed E-state index contributed by atoms with van der Waals surface area (Å²) in [5.74, 6) is -1.55. The Balaban J connectivity index is 2.88. The van der Waals surface area contributed by atoms with Crippen LogP contribution in [0.4, 0.5) is 11.5 Å². The summed E-state index contributed by atoms with van der Waals surface area (Å²) in [6, 6.07) is 1.03. The highest BCUT2D eigenvalue weighted by atomic mass is 16.6. The molecule has 0 saturated carbocycles. The topological polar surface area (TPSA) is 126 Å². The summed E-state index contributed by atoms with van der Waals surface area (Å²) < 4.78 is 0. The fourth-order valence-electron chi connectivity index (χ4n) is 1.34.